The van der Waals surface area contributed by atoms with Crippen molar-refractivity contribution in [2.75, 3.05) is 5.32 Å². The molecule has 4 rings (SSSR count). The molecule has 3 aliphatic heterocycles. The highest BCUT2D eigenvalue weighted by atomic mass is 16.9. The number of carbonyl (C=O) groups excluding carboxylic acids is 2. The molecule has 3 saturated heterocycles. The second kappa shape index (κ2) is 7.72. The van der Waals surface area contributed by atoms with Crippen molar-refractivity contribution in [1.82, 2.24) is 5.32 Å². The summed E-state index contributed by atoms with van der Waals surface area (Å²) in [5, 5.41) is 15.1. The van der Waals surface area contributed by atoms with Crippen molar-refractivity contribution in [3.05, 3.63) is 24.3 Å². The number of amides is 2. The molecule has 2 amide bonds. The van der Waals surface area contributed by atoms with Crippen LogP contribution in [0.15, 0.2) is 24.3 Å². The van der Waals surface area contributed by atoms with Gasteiger partial charge in [0, 0.05) is 0 Å². The number of phenols is 1. The van der Waals surface area contributed by atoms with Gasteiger partial charge in [0.25, 0.3) is 5.91 Å². The third-order valence-electron chi connectivity index (χ3n) is 5.33. The Morgan fingerprint density at radius 3 is 2.29 bits per heavy atom. The van der Waals surface area contributed by atoms with Crippen LogP contribution in [-0.4, -0.2) is 65.2 Å². The maximum atomic E-state index is 13.0. The minimum Gasteiger partial charge on any atom is -0.506 e. The molecular weight excluding hydrogens is 408 g/mol. The third-order valence-corrected chi connectivity index (χ3v) is 5.33. The second-order valence-electron chi connectivity index (χ2n) is 8.83. The standard InChI is InChI=1S/C21H28N2O8/c1-10(17(25)23-11-8-6-7-9-12(11)24)22-18(26)15-13-14(29-20(2,3)28-13)16-19(27-15)31-21(4,5)30-16/h6-10,13-16,19,24H,1-5H3,(H,22,26)(H,23,25)/t10-,13-,14+,15+,16-,19-/m1/s1. The Morgan fingerprint density at radius 2 is 1.58 bits per heavy atom. The summed E-state index contributed by atoms with van der Waals surface area (Å²) in [6.45, 7) is 8.54. The van der Waals surface area contributed by atoms with Crippen molar-refractivity contribution >= 4 is 17.5 Å². The number of nitrogens with one attached hydrogen (secondary N) is 2. The van der Waals surface area contributed by atoms with E-state index in [0.29, 0.717) is 0 Å². The summed E-state index contributed by atoms with van der Waals surface area (Å²) >= 11 is 0. The molecule has 3 N–H and O–H groups in total. The van der Waals surface area contributed by atoms with E-state index in [2.05, 4.69) is 10.6 Å². The number of aromatic hydroxyl groups is 1. The minimum atomic E-state index is -1.06. The molecule has 0 spiro atoms. The summed E-state index contributed by atoms with van der Waals surface area (Å²) in [6.07, 6.45) is -3.73. The zero-order chi connectivity index (χ0) is 22.6. The first-order valence-electron chi connectivity index (χ1n) is 10.2. The van der Waals surface area contributed by atoms with E-state index in [0.717, 1.165) is 0 Å². The average Bonchev–Trinajstić information content (AvgIpc) is 3.16. The number of phenolic OH excluding ortho intramolecular Hbond substituents is 1. The molecule has 3 aliphatic rings. The van der Waals surface area contributed by atoms with Crippen LogP contribution in [0, 0.1) is 0 Å². The Kier molecular flexibility index (Phi) is 5.47. The quantitative estimate of drug-likeness (QED) is 0.602. The van der Waals surface area contributed by atoms with E-state index in [1.165, 1.54) is 13.0 Å². The number of rotatable bonds is 4. The van der Waals surface area contributed by atoms with E-state index in [1.54, 1.807) is 45.9 Å². The van der Waals surface area contributed by atoms with E-state index >= 15 is 0 Å². The number of hydrogen-bond acceptors (Lipinski definition) is 8. The van der Waals surface area contributed by atoms with Gasteiger partial charge in [0.2, 0.25) is 5.91 Å². The Bertz CT molecular complexity index is 873. The molecule has 1 aromatic carbocycles. The smallest absolute Gasteiger partial charge is 0.252 e. The highest BCUT2D eigenvalue weighted by molar-refractivity contribution is 5.98. The number of para-hydroxylation sites is 2. The van der Waals surface area contributed by atoms with Crippen LogP contribution < -0.4 is 10.6 Å². The van der Waals surface area contributed by atoms with Gasteiger partial charge in [-0.15, -0.1) is 0 Å². The molecule has 0 aliphatic carbocycles. The third kappa shape index (κ3) is 4.39. The van der Waals surface area contributed by atoms with E-state index in [9.17, 15) is 14.7 Å². The lowest BCUT2D eigenvalue weighted by atomic mass is 9.98. The van der Waals surface area contributed by atoms with Gasteiger partial charge in [0.15, 0.2) is 24.0 Å². The second-order valence-corrected chi connectivity index (χ2v) is 8.83. The Balaban J connectivity index is 1.46. The maximum absolute atomic E-state index is 13.0. The maximum Gasteiger partial charge on any atom is 0.252 e. The number of carbonyl (C=O) groups is 2. The van der Waals surface area contributed by atoms with E-state index in [4.69, 9.17) is 23.7 Å². The summed E-state index contributed by atoms with van der Waals surface area (Å²) in [7, 11) is 0. The van der Waals surface area contributed by atoms with Gasteiger partial charge in [0.05, 0.1) is 5.69 Å². The summed E-state index contributed by atoms with van der Waals surface area (Å²) < 4.78 is 29.5. The summed E-state index contributed by atoms with van der Waals surface area (Å²) in [5.41, 5.74) is 0.249. The monoisotopic (exact) mass is 436 g/mol. The number of hydrogen-bond donors (Lipinski definition) is 3. The lowest BCUT2D eigenvalue weighted by Gasteiger charge is -2.36. The summed E-state index contributed by atoms with van der Waals surface area (Å²) in [5.74, 6) is -2.94. The summed E-state index contributed by atoms with van der Waals surface area (Å²) in [6, 6.07) is 5.42. The van der Waals surface area contributed by atoms with Crippen LogP contribution in [0.5, 0.6) is 5.75 Å². The molecule has 170 valence electrons. The predicted molar refractivity (Wildman–Crippen MR) is 107 cm³/mol. The SMILES string of the molecule is C[C@@H](NC(=O)[C@H]1O[C@@H]2OC(C)(C)O[C@@H]2[C@H]2OC(C)(C)O[C@H]21)C(=O)Nc1ccccc1O. The number of benzene rings is 1. The summed E-state index contributed by atoms with van der Waals surface area (Å²) in [4.78, 5) is 25.5. The van der Waals surface area contributed by atoms with Gasteiger partial charge in [-0.05, 0) is 46.8 Å². The van der Waals surface area contributed by atoms with Crippen LogP contribution in [0.4, 0.5) is 5.69 Å². The van der Waals surface area contributed by atoms with Crippen molar-refractivity contribution in [3.8, 4) is 5.75 Å². The first-order valence-corrected chi connectivity index (χ1v) is 10.2. The topological polar surface area (TPSA) is 125 Å². The van der Waals surface area contributed by atoms with Crippen molar-refractivity contribution in [2.24, 2.45) is 0 Å². The molecule has 31 heavy (non-hydrogen) atoms. The normalized spacial score (nSPS) is 33.8. The lowest BCUT2D eigenvalue weighted by molar-refractivity contribution is -0.231. The molecular formula is C21H28N2O8. The van der Waals surface area contributed by atoms with E-state index in [-0.39, 0.29) is 11.4 Å². The molecule has 0 radical (unpaired) electrons. The zero-order valence-electron chi connectivity index (χ0n) is 18.1. The van der Waals surface area contributed by atoms with Gasteiger partial charge in [-0.25, -0.2) is 0 Å². The van der Waals surface area contributed by atoms with Crippen LogP contribution in [0.1, 0.15) is 34.6 Å². The molecule has 10 nitrogen and oxygen atoms in total. The minimum absolute atomic E-state index is 0.0707. The van der Waals surface area contributed by atoms with E-state index < -0.39 is 60.1 Å². The van der Waals surface area contributed by atoms with Crippen LogP contribution >= 0.6 is 0 Å². The van der Waals surface area contributed by atoms with Crippen molar-refractivity contribution in [1.29, 1.82) is 0 Å². The zero-order valence-corrected chi connectivity index (χ0v) is 18.1. The molecule has 3 fully saturated rings. The van der Waals surface area contributed by atoms with Crippen LogP contribution in [0.25, 0.3) is 0 Å². The first-order chi connectivity index (χ1) is 14.5. The van der Waals surface area contributed by atoms with Crippen LogP contribution in [0.2, 0.25) is 0 Å². The van der Waals surface area contributed by atoms with Gasteiger partial charge < -0.3 is 39.4 Å². The molecule has 0 unspecified atom stereocenters. The fourth-order valence-electron chi connectivity index (χ4n) is 4.00. The number of ether oxygens (including phenoxy) is 5. The molecule has 3 heterocycles. The van der Waals surface area contributed by atoms with Crippen LogP contribution in [0.3, 0.4) is 0 Å². The molecule has 6 atom stereocenters. The highest BCUT2D eigenvalue weighted by Crippen LogP contribution is 2.44. The van der Waals surface area contributed by atoms with Gasteiger partial charge in [-0.3, -0.25) is 9.59 Å². The molecule has 0 aromatic heterocycles. The Labute approximate surface area is 180 Å². The molecule has 0 bridgehead atoms. The van der Waals surface area contributed by atoms with Gasteiger partial charge in [-0.1, -0.05) is 12.1 Å². The Hall–Kier alpha value is -2.24. The van der Waals surface area contributed by atoms with E-state index in [1.807, 2.05) is 0 Å². The average molecular weight is 436 g/mol. The van der Waals surface area contributed by atoms with Gasteiger partial charge in [-0.2, -0.15) is 0 Å². The van der Waals surface area contributed by atoms with Gasteiger partial charge in [0.1, 0.15) is 30.1 Å². The fraction of sp³-hybridized carbons (Fsp3) is 0.619. The fourth-order valence-corrected chi connectivity index (χ4v) is 4.00. The van der Waals surface area contributed by atoms with Crippen molar-refractivity contribution in [2.45, 2.75) is 82.9 Å². The lowest BCUT2D eigenvalue weighted by Crippen LogP contribution is -2.60. The molecule has 0 saturated carbocycles. The highest BCUT2D eigenvalue weighted by Gasteiger charge is 2.62. The largest absolute Gasteiger partial charge is 0.506 e. The van der Waals surface area contributed by atoms with Gasteiger partial charge >= 0.3 is 0 Å². The molecule has 10 heteroatoms. The molecule has 1 aromatic rings. The number of anilines is 1. The number of fused-ring (bicyclic) bond motifs is 3. The van der Waals surface area contributed by atoms with Crippen LogP contribution in [-0.2, 0) is 33.3 Å². The van der Waals surface area contributed by atoms with Crippen molar-refractivity contribution in [3.63, 3.8) is 0 Å². The predicted octanol–water partition coefficient (Wildman–Crippen LogP) is 1.23. The Morgan fingerprint density at radius 1 is 0.968 bits per heavy atom. The first kappa shape index (κ1) is 22.0. The van der Waals surface area contributed by atoms with Crippen molar-refractivity contribution < 1.29 is 38.4 Å².